The van der Waals surface area contributed by atoms with Gasteiger partial charge in [0.05, 0.1) is 12.2 Å². The van der Waals surface area contributed by atoms with Crippen molar-refractivity contribution < 1.29 is 4.74 Å². The second-order valence-electron chi connectivity index (χ2n) is 5.21. The molecule has 0 amide bonds. The Kier molecular flexibility index (Phi) is 4.40. The first-order valence-electron chi connectivity index (χ1n) is 5.56. The SMILES string of the molecule is CC(C)(C)CCOc1ccc(Cl)cc1C(=N)N. The minimum absolute atomic E-state index is 0.0294. The number of rotatable bonds is 4. The zero-order chi connectivity index (χ0) is 13.1. The van der Waals surface area contributed by atoms with Gasteiger partial charge >= 0.3 is 0 Å². The van der Waals surface area contributed by atoms with E-state index in [9.17, 15) is 0 Å². The van der Waals surface area contributed by atoms with E-state index in [-0.39, 0.29) is 11.3 Å². The average molecular weight is 255 g/mol. The Bertz CT molecular complexity index is 410. The average Bonchev–Trinajstić information content (AvgIpc) is 2.18. The summed E-state index contributed by atoms with van der Waals surface area (Å²) in [4.78, 5) is 0. The second kappa shape index (κ2) is 5.41. The Hall–Kier alpha value is -1.22. The van der Waals surface area contributed by atoms with Crippen LogP contribution in [-0.2, 0) is 0 Å². The number of nitrogen functional groups attached to an aromatic ring is 1. The summed E-state index contributed by atoms with van der Waals surface area (Å²) < 4.78 is 5.65. The van der Waals surface area contributed by atoms with Crippen molar-refractivity contribution in [3.8, 4) is 5.75 Å². The van der Waals surface area contributed by atoms with E-state index >= 15 is 0 Å². The van der Waals surface area contributed by atoms with Crippen LogP contribution >= 0.6 is 11.6 Å². The Morgan fingerprint density at radius 2 is 2.06 bits per heavy atom. The number of benzene rings is 1. The maximum absolute atomic E-state index is 7.47. The molecule has 17 heavy (non-hydrogen) atoms. The van der Waals surface area contributed by atoms with Crippen molar-refractivity contribution >= 4 is 17.4 Å². The van der Waals surface area contributed by atoms with E-state index in [1.807, 2.05) is 0 Å². The number of nitrogens with one attached hydrogen (secondary N) is 1. The highest BCUT2D eigenvalue weighted by molar-refractivity contribution is 6.31. The molecular formula is C13H19ClN2O. The van der Waals surface area contributed by atoms with Gasteiger partial charge in [0.2, 0.25) is 0 Å². The van der Waals surface area contributed by atoms with Crippen LogP contribution in [0.15, 0.2) is 18.2 Å². The summed E-state index contributed by atoms with van der Waals surface area (Å²) in [5.41, 5.74) is 6.26. The summed E-state index contributed by atoms with van der Waals surface area (Å²) >= 11 is 5.86. The van der Waals surface area contributed by atoms with Crippen LogP contribution in [-0.4, -0.2) is 12.4 Å². The molecule has 3 nitrogen and oxygen atoms in total. The smallest absolute Gasteiger partial charge is 0.130 e. The molecule has 0 aliphatic heterocycles. The number of ether oxygens (including phenoxy) is 1. The molecule has 0 aliphatic carbocycles. The third kappa shape index (κ3) is 4.65. The van der Waals surface area contributed by atoms with Crippen LogP contribution in [0.2, 0.25) is 5.02 Å². The van der Waals surface area contributed by atoms with Gasteiger partial charge in [-0.05, 0) is 30.0 Å². The molecule has 0 atom stereocenters. The normalized spacial score (nSPS) is 11.3. The van der Waals surface area contributed by atoms with Gasteiger partial charge in [0.1, 0.15) is 11.6 Å². The van der Waals surface area contributed by atoms with Crippen molar-refractivity contribution in [2.45, 2.75) is 27.2 Å². The van der Waals surface area contributed by atoms with Crippen LogP contribution in [0.4, 0.5) is 0 Å². The summed E-state index contributed by atoms with van der Waals surface area (Å²) in [5.74, 6) is 0.587. The van der Waals surface area contributed by atoms with E-state index in [4.69, 9.17) is 27.5 Å². The van der Waals surface area contributed by atoms with Crippen molar-refractivity contribution in [2.75, 3.05) is 6.61 Å². The van der Waals surface area contributed by atoms with Gasteiger partial charge in [-0.1, -0.05) is 32.4 Å². The summed E-state index contributed by atoms with van der Waals surface area (Å²) in [7, 11) is 0. The number of hydrogen-bond donors (Lipinski definition) is 2. The minimum Gasteiger partial charge on any atom is -0.493 e. The molecule has 3 N–H and O–H groups in total. The topological polar surface area (TPSA) is 59.1 Å². The highest BCUT2D eigenvalue weighted by Gasteiger charge is 2.12. The van der Waals surface area contributed by atoms with Crippen LogP contribution < -0.4 is 10.5 Å². The predicted octanol–water partition coefficient (Wildman–Crippen LogP) is 3.44. The lowest BCUT2D eigenvalue weighted by atomic mass is 9.93. The molecular weight excluding hydrogens is 236 g/mol. The highest BCUT2D eigenvalue weighted by atomic mass is 35.5. The molecule has 0 fully saturated rings. The molecule has 0 spiro atoms. The van der Waals surface area contributed by atoms with E-state index in [0.29, 0.717) is 22.9 Å². The lowest BCUT2D eigenvalue weighted by Crippen LogP contribution is -2.15. The van der Waals surface area contributed by atoms with Crippen molar-refractivity contribution in [1.82, 2.24) is 0 Å². The zero-order valence-electron chi connectivity index (χ0n) is 10.5. The van der Waals surface area contributed by atoms with Crippen molar-refractivity contribution in [3.63, 3.8) is 0 Å². The van der Waals surface area contributed by atoms with Gasteiger partial charge < -0.3 is 10.5 Å². The fourth-order valence-electron chi connectivity index (χ4n) is 1.31. The Morgan fingerprint density at radius 1 is 1.41 bits per heavy atom. The van der Waals surface area contributed by atoms with Crippen LogP contribution in [0, 0.1) is 10.8 Å². The van der Waals surface area contributed by atoms with Crippen molar-refractivity contribution in [2.24, 2.45) is 11.1 Å². The third-order valence-corrected chi connectivity index (χ3v) is 2.58. The molecule has 0 bridgehead atoms. The summed E-state index contributed by atoms with van der Waals surface area (Å²) in [6.45, 7) is 7.07. The monoisotopic (exact) mass is 254 g/mol. The predicted molar refractivity (Wildman–Crippen MR) is 72.0 cm³/mol. The molecule has 1 aromatic carbocycles. The first kappa shape index (κ1) is 13.8. The molecule has 4 heteroatoms. The highest BCUT2D eigenvalue weighted by Crippen LogP contribution is 2.24. The van der Waals surface area contributed by atoms with Crippen molar-refractivity contribution in [3.05, 3.63) is 28.8 Å². The zero-order valence-corrected chi connectivity index (χ0v) is 11.3. The van der Waals surface area contributed by atoms with Gasteiger partial charge in [0, 0.05) is 5.02 Å². The van der Waals surface area contributed by atoms with E-state index in [0.717, 1.165) is 6.42 Å². The largest absolute Gasteiger partial charge is 0.493 e. The number of amidine groups is 1. The minimum atomic E-state index is -0.0294. The van der Waals surface area contributed by atoms with Gasteiger partial charge in [0.15, 0.2) is 0 Å². The van der Waals surface area contributed by atoms with Crippen LogP contribution in [0.5, 0.6) is 5.75 Å². The first-order chi connectivity index (χ1) is 7.79. The maximum Gasteiger partial charge on any atom is 0.130 e. The Balaban J connectivity index is 2.74. The molecule has 1 aromatic rings. The van der Waals surface area contributed by atoms with Gasteiger partial charge in [-0.25, -0.2) is 0 Å². The summed E-state index contributed by atoms with van der Waals surface area (Å²) in [5, 5.41) is 8.02. The van der Waals surface area contributed by atoms with Crippen LogP contribution in [0.3, 0.4) is 0 Å². The van der Waals surface area contributed by atoms with Gasteiger partial charge in [0.25, 0.3) is 0 Å². The van der Waals surface area contributed by atoms with E-state index in [1.54, 1.807) is 18.2 Å². The van der Waals surface area contributed by atoms with Crippen molar-refractivity contribution in [1.29, 1.82) is 5.41 Å². The molecule has 0 aliphatic rings. The molecule has 0 saturated heterocycles. The van der Waals surface area contributed by atoms with E-state index in [2.05, 4.69) is 20.8 Å². The van der Waals surface area contributed by atoms with Gasteiger partial charge in [-0.3, -0.25) is 5.41 Å². The second-order valence-corrected chi connectivity index (χ2v) is 5.65. The molecule has 0 aromatic heterocycles. The molecule has 0 heterocycles. The van der Waals surface area contributed by atoms with Gasteiger partial charge in [-0.2, -0.15) is 0 Å². The number of halogens is 1. The fraction of sp³-hybridized carbons (Fsp3) is 0.462. The van der Waals surface area contributed by atoms with E-state index in [1.165, 1.54) is 0 Å². The fourth-order valence-corrected chi connectivity index (χ4v) is 1.48. The maximum atomic E-state index is 7.47. The Morgan fingerprint density at radius 3 is 2.59 bits per heavy atom. The quantitative estimate of drug-likeness (QED) is 0.639. The summed E-state index contributed by atoms with van der Waals surface area (Å²) in [6, 6.07) is 5.14. The van der Waals surface area contributed by atoms with Gasteiger partial charge in [-0.15, -0.1) is 0 Å². The lowest BCUT2D eigenvalue weighted by Gasteiger charge is -2.19. The number of hydrogen-bond acceptors (Lipinski definition) is 2. The summed E-state index contributed by atoms with van der Waals surface area (Å²) in [6.07, 6.45) is 0.937. The van der Waals surface area contributed by atoms with Crippen LogP contribution in [0.25, 0.3) is 0 Å². The molecule has 0 saturated carbocycles. The molecule has 1 rings (SSSR count). The molecule has 0 radical (unpaired) electrons. The van der Waals surface area contributed by atoms with Crippen LogP contribution in [0.1, 0.15) is 32.8 Å². The molecule has 0 unspecified atom stereocenters. The Labute approximate surface area is 107 Å². The first-order valence-corrected chi connectivity index (χ1v) is 5.94. The number of nitrogens with two attached hydrogens (primary N) is 1. The molecule has 94 valence electrons. The lowest BCUT2D eigenvalue weighted by molar-refractivity contribution is 0.242. The standard InChI is InChI=1S/C13H19ClN2O/c1-13(2,3)6-7-17-11-5-4-9(14)8-10(11)12(15)16/h4-5,8H,6-7H2,1-3H3,(H3,15,16). The van der Waals surface area contributed by atoms with E-state index < -0.39 is 0 Å². The third-order valence-electron chi connectivity index (χ3n) is 2.34.